The highest BCUT2D eigenvalue weighted by atomic mass is 16.5. The number of rotatable bonds is 6. The van der Waals surface area contributed by atoms with Crippen LogP contribution >= 0.6 is 0 Å². The van der Waals surface area contributed by atoms with Gasteiger partial charge in [0.2, 0.25) is 5.91 Å². The predicted molar refractivity (Wildman–Crippen MR) is 113 cm³/mol. The molecular weight excluding hydrogens is 348 g/mol. The smallest absolute Gasteiger partial charge is 0.227 e. The van der Waals surface area contributed by atoms with Gasteiger partial charge in [-0.05, 0) is 60.9 Å². The van der Waals surface area contributed by atoms with Crippen LogP contribution in [0, 0.1) is 0 Å². The van der Waals surface area contributed by atoms with Crippen molar-refractivity contribution >= 4 is 23.0 Å². The number of nitrogens with zero attached hydrogens (tertiary/aromatic N) is 1. The van der Waals surface area contributed by atoms with Crippen molar-refractivity contribution in [3.8, 4) is 5.75 Å². The van der Waals surface area contributed by atoms with Crippen LogP contribution in [0.5, 0.6) is 5.75 Å². The molecule has 3 aromatic rings. The summed E-state index contributed by atoms with van der Waals surface area (Å²) in [7, 11) is 0. The number of hydrogen-bond acceptors (Lipinski definition) is 3. The monoisotopic (exact) mass is 372 g/mol. The van der Waals surface area contributed by atoms with Crippen molar-refractivity contribution in [3.63, 3.8) is 0 Å². The lowest BCUT2D eigenvalue weighted by Gasteiger charge is -2.31. The van der Waals surface area contributed by atoms with E-state index in [2.05, 4.69) is 46.6 Å². The molecule has 4 heteroatoms. The minimum atomic E-state index is -0.0491. The first-order valence-corrected chi connectivity index (χ1v) is 9.73. The van der Waals surface area contributed by atoms with E-state index in [0.717, 1.165) is 36.5 Å². The first-order chi connectivity index (χ1) is 13.8. The van der Waals surface area contributed by atoms with Crippen molar-refractivity contribution in [1.29, 1.82) is 0 Å². The molecule has 3 aromatic carbocycles. The maximum absolute atomic E-state index is 12.2. The Hall–Kier alpha value is -3.27. The number of carbonyl (C=O) groups is 1. The molecule has 0 saturated carbocycles. The van der Waals surface area contributed by atoms with Gasteiger partial charge in [-0.1, -0.05) is 36.4 Å². The summed E-state index contributed by atoms with van der Waals surface area (Å²) >= 11 is 0. The Morgan fingerprint density at radius 2 is 1.68 bits per heavy atom. The quantitative estimate of drug-likeness (QED) is 0.648. The third kappa shape index (κ3) is 4.34. The molecular formula is C24H24N2O2. The second-order valence-electron chi connectivity index (χ2n) is 6.89. The predicted octanol–water partition coefficient (Wildman–Crippen LogP) is 5.18. The van der Waals surface area contributed by atoms with Crippen molar-refractivity contribution in [2.75, 3.05) is 23.4 Å². The van der Waals surface area contributed by atoms with Crippen molar-refractivity contribution in [1.82, 2.24) is 0 Å². The zero-order valence-electron chi connectivity index (χ0n) is 15.8. The van der Waals surface area contributed by atoms with Gasteiger partial charge in [-0.25, -0.2) is 0 Å². The second kappa shape index (κ2) is 8.61. The van der Waals surface area contributed by atoms with Gasteiger partial charge in [0.15, 0.2) is 0 Å². The van der Waals surface area contributed by atoms with Gasteiger partial charge in [-0.15, -0.1) is 0 Å². The number of aryl methyl sites for hydroxylation is 1. The van der Waals surface area contributed by atoms with Crippen LogP contribution in [0.2, 0.25) is 0 Å². The van der Waals surface area contributed by atoms with E-state index in [1.807, 2.05) is 42.5 Å². The molecule has 4 nitrogen and oxygen atoms in total. The largest absolute Gasteiger partial charge is 0.493 e. The van der Waals surface area contributed by atoms with Gasteiger partial charge in [-0.2, -0.15) is 0 Å². The Morgan fingerprint density at radius 1 is 0.929 bits per heavy atom. The molecule has 0 unspecified atom stereocenters. The maximum Gasteiger partial charge on any atom is 0.227 e. The number of nitrogens with one attached hydrogen (secondary N) is 1. The fourth-order valence-electron chi connectivity index (χ4n) is 3.53. The molecule has 1 heterocycles. The van der Waals surface area contributed by atoms with Gasteiger partial charge in [0.05, 0.1) is 13.0 Å². The van der Waals surface area contributed by atoms with Crippen LogP contribution < -0.4 is 15.0 Å². The highest BCUT2D eigenvalue weighted by Gasteiger charge is 2.17. The topological polar surface area (TPSA) is 41.6 Å². The number of fused-ring (bicyclic) bond motifs is 1. The van der Waals surface area contributed by atoms with E-state index < -0.39 is 0 Å². The Labute approximate surface area is 165 Å². The van der Waals surface area contributed by atoms with E-state index in [-0.39, 0.29) is 5.91 Å². The summed E-state index contributed by atoms with van der Waals surface area (Å²) < 4.78 is 5.58. The molecule has 0 bridgehead atoms. The fourth-order valence-corrected chi connectivity index (χ4v) is 3.53. The SMILES string of the molecule is O=C(CCOc1ccccc1)Nc1ccc(N2CCCc3ccccc32)cc1. The molecule has 0 atom stereocenters. The van der Waals surface area contributed by atoms with E-state index in [0.29, 0.717) is 13.0 Å². The summed E-state index contributed by atoms with van der Waals surface area (Å²) in [6.07, 6.45) is 2.60. The van der Waals surface area contributed by atoms with Crippen molar-refractivity contribution < 1.29 is 9.53 Å². The Bertz CT molecular complexity index is 923. The van der Waals surface area contributed by atoms with E-state index >= 15 is 0 Å². The first kappa shape index (κ1) is 18.1. The Morgan fingerprint density at radius 3 is 2.50 bits per heavy atom. The van der Waals surface area contributed by atoms with Crippen LogP contribution in [0.1, 0.15) is 18.4 Å². The Balaban J connectivity index is 1.33. The normalized spacial score (nSPS) is 12.9. The molecule has 0 aromatic heterocycles. The molecule has 1 amide bonds. The van der Waals surface area contributed by atoms with Gasteiger partial charge < -0.3 is 15.0 Å². The van der Waals surface area contributed by atoms with E-state index in [1.54, 1.807) is 0 Å². The molecule has 0 radical (unpaired) electrons. The van der Waals surface area contributed by atoms with Gasteiger partial charge in [0.25, 0.3) is 0 Å². The summed E-state index contributed by atoms with van der Waals surface area (Å²) in [6.45, 7) is 1.37. The van der Waals surface area contributed by atoms with Crippen LogP contribution in [-0.2, 0) is 11.2 Å². The number of carbonyl (C=O) groups excluding carboxylic acids is 1. The van der Waals surface area contributed by atoms with E-state index in [1.165, 1.54) is 11.3 Å². The summed E-state index contributed by atoms with van der Waals surface area (Å²) in [6, 6.07) is 26.2. The van der Waals surface area contributed by atoms with Gasteiger partial charge in [0, 0.05) is 23.6 Å². The molecule has 0 fully saturated rings. The molecule has 28 heavy (non-hydrogen) atoms. The first-order valence-electron chi connectivity index (χ1n) is 9.73. The summed E-state index contributed by atoms with van der Waals surface area (Å²) in [5.74, 6) is 0.730. The summed E-state index contributed by atoms with van der Waals surface area (Å²) in [4.78, 5) is 14.5. The van der Waals surface area contributed by atoms with E-state index in [4.69, 9.17) is 4.74 Å². The molecule has 1 N–H and O–H groups in total. The van der Waals surface area contributed by atoms with Crippen LogP contribution in [0.3, 0.4) is 0 Å². The average Bonchev–Trinajstić information content (AvgIpc) is 2.75. The number of hydrogen-bond donors (Lipinski definition) is 1. The van der Waals surface area contributed by atoms with Crippen molar-refractivity contribution in [3.05, 3.63) is 84.4 Å². The lowest BCUT2D eigenvalue weighted by Crippen LogP contribution is -2.24. The van der Waals surface area contributed by atoms with Gasteiger partial charge >= 0.3 is 0 Å². The van der Waals surface area contributed by atoms with E-state index in [9.17, 15) is 4.79 Å². The number of amides is 1. The minimum Gasteiger partial charge on any atom is -0.493 e. The summed E-state index contributed by atoms with van der Waals surface area (Å²) in [5.41, 5.74) is 4.63. The molecule has 0 saturated heterocycles. The van der Waals surface area contributed by atoms with Crippen LogP contribution in [0.25, 0.3) is 0 Å². The molecule has 1 aliphatic heterocycles. The zero-order valence-corrected chi connectivity index (χ0v) is 15.8. The second-order valence-corrected chi connectivity index (χ2v) is 6.89. The molecule has 142 valence electrons. The molecule has 0 aliphatic carbocycles. The highest BCUT2D eigenvalue weighted by Crippen LogP contribution is 2.33. The number of para-hydroxylation sites is 2. The maximum atomic E-state index is 12.2. The summed E-state index contributed by atoms with van der Waals surface area (Å²) in [5, 5.41) is 2.94. The standard InChI is InChI=1S/C24H24N2O2/c27-24(16-18-28-22-9-2-1-3-10-22)25-20-12-14-21(15-13-20)26-17-6-8-19-7-4-5-11-23(19)26/h1-5,7,9-15H,6,8,16-18H2,(H,25,27). The average molecular weight is 372 g/mol. The number of ether oxygens (including phenoxy) is 1. The van der Waals surface area contributed by atoms with Crippen LogP contribution in [0.15, 0.2) is 78.9 Å². The van der Waals surface area contributed by atoms with Gasteiger partial charge in [-0.3, -0.25) is 4.79 Å². The minimum absolute atomic E-state index is 0.0491. The van der Waals surface area contributed by atoms with Crippen molar-refractivity contribution in [2.24, 2.45) is 0 Å². The van der Waals surface area contributed by atoms with Crippen LogP contribution in [0.4, 0.5) is 17.1 Å². The molecule has 0 spiro atoms. The lowest BCUT2D eigenvalue weighted by molar-refractivity contribution is -0.116. The van der Waals surface area contributed by atoms with Crippen LogP contribution in [-0.4, -0.2) is 19.1 Å². The lowest BCUT2D eigenvalue weighted by atomic mass is 10.0. The number of benzene rings is 3. The number of anilines is 3. The Kier molecular flexibility index (Phi) is 5.57. The third-order valence-electron chi connectivity index (χ3n) is 4.91. The molecule has 4 rings (SSSR count). The van der Waals surface area contributed by atoms with Gasteiger partial charge in [0.1, 0.15) is 5.75 Å². The highest BCUT2D eigenvalue weighted by molar-refractivity contribution is 5.91. The van der Waals surface area contributed by atoms with Crippen molar-refractivity contribution in [2.45, 2.75) is 19.3 Å². The zero-order chi connectivity index (χ0) is 19.2. The fraction of sp³-hybridized carbons (Fsp3) is 0.208. The third-order valence-corrected chi connectivity index (χ3v) is 4.91. The molecule has 1 aliphatic rings.